The summed E-state index contributed by atoms with van der Waals surface area (Å²) in [6.45, 7) is 4.10. The Morgan fingerprint density at radius 2 is 1.92 bits per heavy atom. The largest absolute Gasteiger partial charge is 0.398 e. The highest BCUT2D eigenvalue weighted by molar-refractivity contribution is 5.55. The van der Waals surface area contributed by atoms with Gasteiger partial charge >= 0.3 is 0 Å². The number of aliphatic hydroxyl groups is 1. The second-order valence-electron chi connectivity index (χ2n) is 3.01. The molecule has 0 saturated carbocycles. The van der Waals surface area contributed by atoms with Gasteiger partial charge in [-0.1, -0.05) is 24.6 Å². The Balaban J connectivity index is 3.22. The van der Waals surface area contributed by atoms with E-state index in [9.17, 15) is 0 Å². The lowest BCUT2D eigenvalue weighted by Crippen LogP contribution is -2.00. The SMILES string of the molecule is CCc1cc(C)cc(CO)c1N. The minimum absolute atomic E-state index is 0.0283. The van der Waals surface area contributed by atoms with Crippen LogP contribution in [0.15, 0.2) is 12.1 Å². The molecule has 0 amide bonds. The number of hydrogen-bond donors (Lipinski definition) is 2. The molecule has 0 saturated heterocycles. The maximum absolute atomic E-state index is 8.98. The molecule has 1 rings (SSSR count). The van der Waals surface area contributed by atoms with Gasteiger partial charge < -0.3 is 10.8 Å². The van der Waals surface area contributed by atoms with Crippen molar-refractivity contribution in [2.45, 2.75) is 26.9 Å². The van der Waals surface area contributed by atoms with E-state index < -0.39 is 0 Å². The Kier molecular flexibility index (Phi) is 2.71. The second-order valence-corrected chi connectivity index (χ2v) is 3.01. The first kappa shape index (κ1) is 9.07. The van der Waals surface area contributed by atoms with Gasteiger partial charge in [0.15, 0.2) is 0 Å². The van der Waals surface area contributed by atoms with Crippen molar-refractivity contribution in [1.29, 1.82) is 0 Å². The van der Waals surface area contributed by atoms with E-state index in [0.717, 1.165) is 28.8 Å². The molecule has 1 aromatic rings. The topological polar surface area (TPSA) is 46.2 Å². The number of hydrogen-bond acceptors (Lipinski definition) is 2. The Hall–Kier alpha value is -1.02. The van der Waals surface area contributed by atoms with Crippen molar-refractivity contribution in [1.82, 2.24) is 0 Å². The molecule has 66 valence electrons. The van der Waals surface area contributed by atoms with Crippen molar-refractivity contribution in [2.75, 3.05) is 5.73 Å². The van der Waals surface area contributed by atoms with E-state index in [4.69, 9.17) is 10.8 Å². The summed E-state index contributed by atoms with van der Waals surface area (Å²) in [4.78, 5) is 0. The summed E-state index contributed by atoms with van der Waals surface area (Å²) in [7, 11) is 0. The third kappa shape index (κ3) is 1.59. The monoisotopic (exact) mass is 165 g/mol. The molecule has 2 heteroatoms. The number of nitrogen functional groups attached to an aromatic ring is 1. The van der Waals surface area contributed by atoms with Crippen LogP contribution >= 0.6 is 0 Å². The van der Waals surface area contributed by atoms with Crippen LogP contribution in [0.3, 0.4) is 0 Å². The van der Waals surface area contributed by atoms with Crippen LogP contribution in [0, 0.1) is 6.92 Å². The van der Waals surface area contributed by atoms with Gasteiger partial charge in [-0.2, -0.15) is 0 Å². The highest BCUT2D eigenvalue weighted by atomic mass is 16.3. The van der Waals surface area contributed by atoms with Gasteiger partial charge in [0.2, 0.25) is 0 Å². The molecule has 0 fully saturated rings. The number of anilines is 1. The average Bonchev–Trinajstić information content (AvgIpc) is 2.08. The number of aryl methyl sites for hydroxylation is 2. The molecule has 3 N–H and O–H groups in total. The number of rotatable bonds is 2. The van der Waals surface area contributed by atoms with E-state index in [1.54, 1.807) is 0 Å². The summed E-state index contributed by atoms with van der Waals surface area (Å²) >= 11 is 0. The molecular formula is C10H15NO. The maximum atomic E-state index is 8.98. The van der Waals surface area contributed by atoms with Crippen molar-refractivity contribution >= 4 is 5.69 Å². The summed E-state index contributed by atoms with van der Waals surface area (Å²) in [5, 5.41) is 8.98. The summed E-state index contributed by atoms with van der Waals surface area (Å²) < 4.78 is 0. The zero-order valence-corrected chi connectivity index (χ0v) is 7.59. The first-order valence-electron chi connectivity index (χ1n) is 4.17. The maximum Gasteiger partial charge on any atom is 0.0702 e. The van der Waals surface area contributed by atoms with Gasteiger partial charge in [-0.15, -0.1) is 0 Å². The van der Waals surface area contributed by atoms with Crippen LogP contribution in [0.2, 0.25) is 0 Å². The van der Waals surface area contributed by atoms with E-state index in [-0.39, 0.29) is 6.61 Å². The normalized spacial score (nSPS) is 10.2. The van der Waals surface area contributed by atoms with Gasteiger partial charge in [0, 0.05) is 11.3 Å². The third-order valence-corrected chi connectivity index (χ3v) is 2.05. The van der Waals surface area contributed by atoms with Crippen LogP contribution in [0.25, 0.3) is 0 Å². The van der Waals surface area contributed by atoms with Crippen molar-refractivity contribution < 1.29 is 5.11 Å². The predicted octanol–water partition coefficient (Wildman–Crippen LogP) is 1.63. The molecule has 2 nitrogen and oxygen atoms in total. The van der Waals surface area contributed by atoms with E-state index in [1.807, 2.05) is 13.0 Å². The van der Waals surface area contributed by atoms with Gasteiger partial charge in [0.25, 0.3) is 0 Å². The van der Waals surface area contributed by atoms with Crippen molar-refractivity contribution in [3.8, 4) is 0 Å². The zero-order chi connectivity index (χ0) is 9.14. The average molecular weight is 165 g/mol. The highest BCUT2D eigenvalue weighted by Crippen LogP contribution is 2.20. The van der Waals surface area contributed by atoms with Crippen LogP contribution in [0.5, 0.6) is 0 Å². The van der Waals surface area contributed by atoms with Crippen molar-refractivity contribution in [3.63, 3.8) is 0 Å². The van der Waals surface area contributed by atoms with Crippen LogP contribution in [0.4, 0.5) is 5.69 Å². The third-order valence-electron chi connectivity index (χ3n) is 2.05. The summed E-state index contributed by atoms with van der Waals surface area (Å²) in [6, 6.07) is 3.99. The number of benzene rings is 1. The van der Waals surface area contributed by atoms with E-state index >= 15 is 0 Å². The Bertz CT molecular complexity index is 256. The summed E-state index contributed by atoms with van der Waals surface area (Å²) in [5.41, 5.74) is 9.68. The molecule has 0 aromatic heterocycles. The van der Waals surface area contributed by atoms with Gasteiger partial charge in [-0.25, -0.2) is 0 Å². The van der Waals surface area contributed by atoms with E-state index in [2.05, 4.69) is 13.0 Å². The van der Waals surface area contributed by atoms with Crippen molar-refractivity contribution in [2.24, 2.45) is 0 Å². The lowest BCUT2D eigenvalue weighted by Gasteiger charge is -2.09. The number of aliphatic hydroxyl groups excluding tert-OH is 1. The minimum Gasteiger partial charge on any atom is -0.398 e. The Morgan fingerprint density at radius 1 is 1.33 bits per heavy atom. The molecule has 0 aliphatic carbocycles. The van der Waals surface area contributed by atoms with Gasteiger partial charge in [0.05, 0.1) is 6.61 Å². The van der Waals surface area contributed by atoms with E-state index in [0.29, 0.717) is 0 Å². The molecule has 0 bridgehead atoms. The standard InChI is InChI=1S/C10H15NO/c1-3-8-4-7(2)5-9(6-12)10(8)11/h4-5,12H,3,6,11H2,1-2H3. The van der Waals surface area contributed by atoms with E-state index in [1.165, 1.54) is 0 Å². The molecule has 0 heterocycles. The Morgan fingerprint density at radius 3 is 2.42 bits per heavy atom. The summed E-state index contributed by atoms with van der Waals surface area (Å²) in [6.07, 6.45) is 0.917. The predicted molar refractivity (Wildman–Crippen MR) is 50.9 cm³/mol. The van der Waals surface area contributed by atoms with Gasteiger partial charge in [-0.3, -0.25) is 0 Å². The molecule has 12 heavy (non-hydrogen) atoms. The first-order chi connectivity index (χ1) is 5.69. The van der Waals surface area contributed by atoms with Gasteiger partial charge in [0.1, 0.15) is 0 Å². The van der Waals surface area contributed by atoms with Crippen LogP contribution in [0.1, 0.15) is 23.6 Å². The fraction of sp³-hybridized carbons (Fsp3) is 0.400. The molecular weight excluding hydrogens is 150 g/mol. The second kappa shape index (κ2) is 3.59. The minimum atomic E-state index is 0.0283. The smallest absolute Gasteiger partial charge is 0.0702 e. The fourth-order valence-electron chi connectivity index (χ4n) is 1.38. The highest BCUT2D eigenvalue weighted by Gasteiger charge is 2.03. The van der Waals surface area contributed by atoms with Gasteiger partial charge in [-0.05, 0) is 18.9 Å². The number of nitrogens with two attached hydrogens (primary N) is 1. The quantitative estimate of drug-likeness (QED) is 0.654. The molecule has 0 unspecified atom stereocenters. The van der Waals surface area contributed by atoms with Crippen molar-refractivity contribution in [3.05, 3.63) is 28.8 Å². The van der Waals surface area contributed by atoms with Crippen LogP contribution in [-0.2, 0) is 13.0 Å². The lowest BCUT2D eigenvalue weighted by atomic mass is 10.0. The Labute approximate surface area is 73.0 Å². The molecule has 1 aromatic carbocycles. The molecule has 0 aliphatic heterocycles. The molecule has 0 atom stereocenters. The lowest BCUT2D eigenvalue weighted by molar-refractivity contribution is 0.282. The molecule has 0 aliphatic rings. The van der Waals surface area contributed by atoms with Crippen LogP contribution < -0.4 is 5.73 Å². The fourth-order valence-corrected chi connectivity index (χ4v) is 1.38. The summed E-state index contributed by atoms with van der Waals surface area (Å²) in [5.74, 6) is 0. The first-order valence-corrected chi connectivity index (χ1v) is 4.17. The zero-order valence-electron chi connectivity index (χ0n) is 7.59. The molecule has 0 spiro atoms. The van der Waals surface area contributed by atoms with Crippen LogP contribution in [-0.4, -0.2) is 5.11 Å². The molecule has 0 radical (unpaired) electrons.